The third-order valence-corrected chi connectivity index (χ3v) is 4.11. The van der Waals surface area contributed by atoms with Gasteiger partial charge in [0, 0.05) is 5.69 Å². The molecule has 158 valence electrons. The van der Waals surface area contributed by atoms with Gasteiger partial charge in [0.05, 0.1) is 24.3 Å². The number of carbonyl (C=O) groups is 1. The van der Waals surface area contributed by atoms with Crippen molar-refractivity contribution in [1.82, 2.24) is 0 Å². The quantitative estimate of drug-likeness (QED) is 0.444. The Morgan fingerprint density at radius 2 is 2.03 bits per heavy atom. The zero-order valence-corrected chi connectivity index (χ0v) is 16.9. The molecule has 0 fully saturated rings. The molecule has 1 amide bonds. The molecular formula is C21H18ClF3N2O3. The van der Waals surface area contributed by atoms with Crippen LogP contribution < -0.4 is 14.8 Å². The number of hydrogen-bond donors (Lipinski definition) is 1. The van der Waals surface area contributed by atoms with Crippen molar-refractivity contribution < 1.29 is 27.4 Å². The third-order valence-electron chi connectivity index (χ3n) is 3.83. The summed E-state index contributed by atoms with van der Waals surface area (Å²) in [7, 11) is 1.42. The van der Waals surface area contributed by atoms with Gasteiger partial charge in [0.15, 0.2) is 11.5 Å². The lowest BCUT2D eigenvalue weighted by atomic mass is 10.1. The fourth-order valence-corrected chi connectivity index (χ4v) is 2.73. The van der Waals surface area contributed by atoms with Crippen molar-refractivity contribution in [3.05, 3.63) is 58.1 Å². The minimum atomic E-state index is -4.55. The van der Waals surface area contributed by atoms with Crippen LogP contribution in [0.15, 0.2) is 42.0 Å². The van der Waals surface area contributed by atoms with Gasteiger partial charge in [-0.25, -0.2) is 0 Å². The van der Waals surface area contributed by atoms with Crippen LogP contribution in [0, 0.1) is 11.3 Å². The first-order valence-corrected chi connectivity index (χ1v) is 9.18. The smallest absolute Gasteiger partial charge is 0.416 e. The summed E-state index contributed by atoms with van der Waals surface area (Å²) >= 11 is 6.22. The second-order valence-electron chi connectivity index (χ2n) is 6.09. The summed E-state index contributed by atoms with van der Waals surface area (Å²) in [5, 5.41) is 11.9. The van der Waals surface area contributed by atoms with Crippen molar-refractivity contribution in [3.63, 3.8) is 0 Å². The summed E-state index contributed by atoms with van der Waals surface area (Å²) in [5.41, 5.74) is -0.943. The highest BCUT2D eigenvalue weighted by atomic mass is 35.5. The van der Waals surface area contributed by atoms with E-state index in [0.717, 1.165) is 24.6 Å². The van der Waals surface area contributed by atoms with Crippen LogP contribution >= 0.6 is 11.6 Å². The van der Waals surface area contributed by atoms with E-state index in [-0.39, 0.29) is 16.3 Å². The summed E-state index contributed by atoms with van der Waals surface area (Å²) in [6.07, 6.45) is -2.54. The number of carbonyl (C=O) groups excluding carboxylic acids is 1. The van der Waals surface area contributed by atoms with E-state index >= 15 is 0 Å². The van der Waals surface area contributed by atoms with Crippen LogP contribution in [0.3, 0.4) is 0 Å². The Labute approximate surface area is 176 Å². The van der Waals surface area contributed by atoms with Gasteiger partial charge in [-0.05, 0) is 48.4 Å². The number of ether oxygens (including phenoxy) is 2. The first kappa shape index (κ1) is 23.1. The van der Waals surface area contributed by atoms with Crippen molar-refractivity contribution in [3.8, 4) is 17.6 Å². The number of alkyl halides is 3. The van der Waals surface area contributed by atoms with Gasteiger partial charge in [-0.3, -0.25) is 4.79 Å². The normalized spacial score (nSPS) is 11.6. The third kappa shape index (κ3) is 5.91. The number of rotatable bonds is 7. The number of hydrogen-bond acceptors (Lipinski definition) is 4. The molecule has 0 aromatic heterocycles. The molecule has 30 heavy (non-hydrogen) atoms. The van der Waals surface area contributed by atoms with Gasteiger partial charge in [-0.15, -0.1) is 0 Å². The number of halogens is 4. The summed E-state index contributed by atoms with van der Waals surface area (Å²) in [4.78, 5) is 12.4. The van der Waals surface area contributed by atoms with Gasteiger partial charge in [0.1, 0.15) is 11.6 Å². The van der Waals surface area contributed by atoms with E-state index in [0.29, 0.717) is 23.7 Å². The summed E-state index contributed by atoms with van der Waals surface area (Å²) in [5.74, 6) is -0.207. The Morgan fingerprint density at radius 1 is 1.30 bits per heavy atom. The summed E-state index contributed by atoms with van der Waals surface area (Å²) < 4.78 is 49.3. The molecule has 0 heterocycles. The average molecular weight is 439 g/mol. The monoisotopic (exact) mass is 438 g/mol. The number of nitrogens with zero attached hydrogens (tertiary/aromatic N) is 1. The molecule has 1 N–H and O–H groups in total. The lowest BCUT2D eigenvalue weighted by Gasteiger charge is -2.13. The van der Waals surface area contributed by atoms with Gasteiger partial charge in [0.2, 0.25) is 0 Å². The molecule has 0 saturated carbocycles. The van der Waals surface area contributed by atoms with E-state index in [1.165, 1.54) is 31.4 Å². The molecule has 0 unspecified atom stereocenters. The maximum absolute atomic E-state index is 12.8. The SMILES string of the molecule is CCCOc1c(Cl)cc(/C=C(\C#N)C(=O)Nc2cccc(C(F)(F)F)c2)cc1OC. The molecule has 2 aromatic carbocycles. The predicted molar refractivity (Wildman–Crippen MR) is 107 cm³/mol. The molecule has 0 aliphatic heterocycles. The van der Waals surface area contributed by atoms with E-state index in [4.69, 9.17) is 21.1 Å². The topological polar surface area (TPSA) is 71.3 Å². The first-order chi connectivity index (χ1) is 14.2. The highest BCUT2D eigenvalue weighted by Gasteiger charge is 2.30. The minimum Gasteiger partial charge on any atom is -0.493 e. The molecule has 2 rings (SSSR count). The molecule has 0 saturated heterocycles. The Balaban J connectivity index is 2.30. The van der Waals surface area contributed by atoms with Crippen LogP contribution in [0.4, 0.5) is 18.9 Å². The molecule has 0 spiro atoms. The summed E-state index contributed by atoms with van der Waals surface area (Å²) in [6.45, 7) is 2.35. The van der Waals surface area contributed by atoms with Crippen LogP contribution in [0.1, 0.15) is 24.5 Å². The van der Waals surface area contributed by atoms with Gasteiger partial charge in [0.25, 0.3) is 5.91 Å². The molecule has 9 heteroatoms. The zero-order chi connectivity index (χ0) is 22.3. The molecule has 0 radical (unpaired) electrons. The van der Waals surface area contributed by atoms with Crippen molar-refractivity contribution in [2.24, 2.45) is 0 Å². The lowest BCUT2D eigenvalue weighted by Crippen LogP contribution is -2.14. The maximum atomic E-state index is 12.8. The highest BCUT2D eigenvalue weighted by molar-refractivity contribution is 6.32. The molecule has 0 bridgehead atoms. The Kier molecular flexibility index (Phi) is 7.72. The van der Waals surface area contributed by atoms with E-state index in [2.05, 4.69) is 5.32 Å². The van der Waals surface area contributed by atoms with Crippen molar-refractivity contribution in [2.45, 2.75) is 19.5 Å². The fraction of sp³-hybridized carbons (Fsp3) is 0.238. The van der Waals surface area contributed by atoms with E-state index < -0.39 is 17.6 Å². The zero-order valence-electron chi connectivity index (χ0n) is 16.1. The van der Waals surface area contributed by atoms with E-state index in [1.54, 1.807) is 6.07 Å². The van der Waals surface area contributed by atoms with Gasteiger partial charge in [-0.2, -0.15) is 18.4 Å². The standard InChI is InChI=1S/C21H18ClF3N2O3/c1-3-7-30-19-17(22)9-13(10-18(19)29-2)8-14(12-26)20(28)27-16-6-4-5-15(11-16)21(23,24)25/h4-6,8-11H,3,7H2,1-2H3,(H,27,28)/b14-8+. The Morgan fingerprint density at radius 3 is 2.63 bits per heavy atom. The second-order valence-corrected chi connectivity index (χ2v) is 6.49. The number of anilines is 1. The largest absolute Gasteiger partial charge is 0.493 e. The average Bonchev–Trinajstić information content (AvgIpc) is 2.70. The van der Waals surface area contributed by atoms with Crippen LogP contribution in [-0.4, -0.2) is 19.6 Å². The van der Waals surface area contributed by atoms with Gasteiger partial charge in [-0.1, -0.05) is 24.6 Å². The Hall–Kier alpha value is -3.18. The number of benzene rings is 2. The molecule has 5 nitrogen and oxygen atoms in total. The first-order valence-electron chi connectivity index (χ1n) is 8.80. The van der Waals surface area contributed by atoms with Crippen LogP contribution in [0.25, 0.3) is 6.08 Å². The van der Waals surface area contributed by atoms with Crippen LogP contribution in [0.2, 0.25) is 5.02 Å². The van der Waals surface area contributed by atoms with Gasteiger partial charge >= 0.3 is 6.18 Å². The summed E-state index contributed by atoms with van der Waals surface area (Å²) in [6, 6.07) is 8.88. The molecule has 0 aliphatic carbocycles. The van der Waals surface area contributed by atoms with Crippen LogP contribution in [0.5, 0.6) is 11.5 Å². The van der Waals surface area contributed by atoms with Crippen molar-refractivity contribution in [2.75, 3.05) is 19.0 Å². The molecule has 0 aliphatic rings. The van der Waals surface area contributed by atoms with E-state index in [1.807, 2.05) is 6.92 Å². The van der Waals surface area contributed by atoms with Crippen molar-refractivity contribution >= 4 is 29.3 Å². The Bertz CT molecular complexity index is 998. The van der Waals surface area contributed by atoms with E-state index in [9.17, 15) is 23.2 Å². The fourth-order valence-electron chi connectivity index (χ4n) is 2.45. The van der Waals surface area contributed by atoms with Crippen molar-refractivity contribution in [1.29, 1.82) is 5.26 Å². The molecule has 2 aromatic rings. The predicted octanol–water partition coefficient (Wildman–Crippen LogP) is 5.70. The number of nitriles is 1. The number of methoxy groups -OCH3 is 1. The number of nitrogens with one attached hydrogen (secondary N) is 1. The maximum Gasteiger partial charge on any atom is 0.416 e. The second kappa shape index (κ2) is 10.0. The minimum absolute atomic E-state index is 0.0881. The lowest BCUT2D eigenvalue weighted by molar-refractivity contribution is -0.137. The number of amides is 1. The van der Waals surface area contributed by atoms with Crippen LogP contribution in [-0.2, 0) is 11.0 Å². The highest BCUT2D eigenvalue weighted by Crippen LogP contribution is 2.37. The molecular weight excluding hydrogens is 421 g/mol. The molecule has 0 atom stereocenters. The van der Waals surface area contributed by atoms with Gasteiger partial charge < -0.3 is 14.8 Å².